The van der Waals surface area contributed by atoms with Crippen molar-refractivity contribution in [1.82, 2.24) is 10.5 Å². The van der Waals surface area contributed by atoms with Crippen molar-refractivity contribution < 1.29 is 26.4 Å². The van der Waals surface area contributed by atoms with Gasteiger partial charge in [-0.05, 0) is 0 Å². The molecule has 0 aromatic heterocycles. The monoisotopic (exact) mass is 207 g/mol. The molecule has 0 saturated carbocycles. The highest BCUT2D eigenvalue weighted by atomic mass is 19.4. The van der Waals surface area contributed by atoms with Gasteiger partial charge in [-0.3, -0.25) is 5.43 Å². The molecule has 1 atom stereocenters. The van der Waals surface area contributed by atoms with Crippen LogP contribution in [0.3, 0.4) is 0 Å². The molecule has 9 heteroatoms. The largest absolute Gasteiger partial charge is 0.457 e. The maximum Gasteiger partial charge on any atom is 0.457 e. The van der Waals surface area contributed by atoms with Gasteiger partial charge >= 0.3 is 12.1 Å². The highest BCUT2D eigenvalue weighted by Crippen LogP contribution is 2.39. The Morgan fingerprint density at radius 1 is 1.23 bits per heavy atom. The van der Waals surface area contributed by atoms with Crippen molar-refractivity contribution in [2.75, 3.05) is 0 Å². The zero-order chi connectivity index (χ0) is 10.3. The highest BCUT2D eigenvalue weighted by molar-refractivity contribution is 5.55. The van der Waals surface area contributed by atoms with Crippen LogP contribution in [0.4, 0.5) is 26.4 Å². The van der Waals surface area contributed by atoms with E-state index in [4.69, 9.17) is 0 Å². The number of halogens is 6. The molecule has 13 heavy (non-hydrogen) atoms. The molecule has 3 nitrogen and oxygen atoms in total. The molecular formula is C4H3F6N3. The van der Waals surface area contributed by atoms with E-state index in [0.717, 1.165) is 0 Å². The standard InChI is InChI=1S/C4H3F6N3/c5-3(6,4(7,8)9)2-12-11-1-13(2)10/h1-2,12H. The summed E-state index contributed by atoms with van der Waals surface area (Å²) in [5, 5.41) is 1.88. The summed E-state index contributed by atoms with van der Waals surface area (Å²) in [6.45, 7) is 0. The smallest absolute Gasteiger partial charge is 0.277 e. The van der Waals surface area contributed by atoms with Gasteiger partial charge in [0.05, 0.1) is 0 Å². The lowest BCUT2D eigenvalue weighted by atomic mass is 10.2. The summed E-state index contributed by atoms with van der Waals surface area (Å²) in [6, 6.07) is 0. The van der Waals surface area contributed by atoms with E-state index in [0.29, 0.717) is 0 Å². The summed E-state index contributed by atoms with van der Waals surface area (Å²) in [4.78, 5) is 0. The zero-order valence-corrected chi connectivity index (χ0v) is 5.82. The van der Waals surface area contributed by atoms with Crippen LogP contribution in [0.15, 0.2) is 5.10 Å². The van der Waals surface area contributed by atoms with Gasteiger partial charge in [0.25, 0.3) is 0 Å². The molecule has 1 heterocycles. The molecule has 0 aromatic carbocycles. The predicted molar refractivity (Wildman–Crippen MR) is 29.4 cm³/mol. The first-order valence-electron chi connectivity index (χ1n) is 2.94. The predicted octanol–water partition coefficient (Wildman–Crippen LogP) is 1.24. The Kier molecular flexibility index (Phi) is 2.04. The van der Waals surface area contributed by atoms with Gasteiger partial charge < -0.3 is 0 Å². The van der Waals surface area contributed by atoms with Crippen LogP contribution in [0, 0.1) is 0 Å². The van der Waals surface area contributed by atoms with Crippen molar-refractivity contribution in [3.05, 3.63) is 0 Å². The van der Waals surface area contributed by atoms with Gasteiger partial charge in [-0.15, -0.1) is 0 Å². The van der Waals surface area contributed by atoms with Crippen LogP contribution in [0.25, 0.3) is 0 Å². The Labute approximate surface area is 67.9 Å². The molecule has 1 N–H and O–H groups in total. The van der Waals surface area contributed by atoms with Crippen LogP contribution in [-0.4, -0.2) is 29.7 Å². The third-order valence-corrected chi connectivity index (χ3v) is 1.33. The molecule has 1 aliphatic heterocycles. The third kappa shape index (κ3) is 1.49. The summed E-state index contributed by atoms with van der Waals surface area (Å²) in [7, 11) is 0. The number of rotatable bonds is 1. The fraction of sp³-hybridized carbons (Fsp3) is 0.750. The SMILES string of the molecule is FN1C=NNC1C(F)(F)C(F)(F)F. The van der Waals surface area contributed by atoms with Crippen molar-refractivity contribution in [3.8, 4) is 0 Å². The molecule has 1 rings (SSSR count). The summed E-state index contributed by atoms with van der Waals surface area (Å²) in [6.07, 6.45) is -8.44. The normalized spacial score (nSPS) is 23.5. The molecule has 1 unspecified atom stereocenters. The summed E-state index contributed by atoms with van der Waals surface area (Å²) in [5.74, 6) is -5.20. The van der Waals surface area contributed by atoms with Crippen LogP contribution >= 0.6 is 0 Å². The zero-order valence-electron chi connectivity index (χ0n) is 5.82. The minimum absolute atomic E-state index is 0.199. The fourth-order valence-electron chi connectivity index (χ4n) is 0.672. The second kappa shape index (κ2) is 2.67. The lowest BCUT2D eigenvalue weighted by molar-refractivity contribution is -0.310. The molecule has 0 fully saturated rings. The summed E-state index contributed by atoms with van der Waals surface area (Å²) < 4.78 is 71.8. The maximum atomic E-state index is 12.3. The lowest BCUT2D eigenvalue weighted by Crippen LogP contribution is -2.56. The van der Waals surface area contributed by atoms with Gasteiger partial charge in [0.1, 0.15) is 6.34 Å². The molecule has 0 amide bonds. The van der Waals surface area contributed by atoms with Gasteiger partial charge in [0.2, 0.25) is 6.17 Å². The molecule has 0 aromatic rings. The van der Waals surface area contributed by atoms with Gasteiger partial charge in [-0.1, -0.05) is 4.48 Å². The first kappa shape index (κ1) is 9.93. The van der Waals surface area contributed by atoms with Gasteiger partial charge in [-0.25, -0.2) is 0 Å². The Morgan fingerprint density at radius 3 is 2.08 bits per heavy atom. The number of alkyl halides is 5. The number of hydrogen-bond donors (Lipinski definition) is 1. The van der Waals surface area contributed by atoms with Gasteiger partial charge in [0.15, 0.2) is 0 Å². The van der Waals surface area contributed by atoms with Crippen molar-refractivity contribution in [2.45, 2.75) is 18.3 Å². The number of nitrogens with zero attached hydrogens (tertiary/aromatic N) is 2. The fourth-order valence-corrected chi connectivity index (χ4v) is 0.672. The van der Waals surface area contributed by atoms with E-state index in [1.54, 1.807) is 0 Å². The molecule has 1 aliphatic rings. The van der Waals surface area contributed by atoms with Crippen LogP contribution in [0.5, 0.6) is 0 Å². The van der Waals surface area contributed by atoms with Crippen LogP contribution < -0.4 is 5.43 Å². The van der Waals surface area contributed by atoms with Crippen molar-refractivity contribution >= 4 is 6.34 Å². The summed E-state index contributed by atoms with van der Waals surface area (Å²) in [5.41, 5.74) is 1.30. The Morgan fingerprint density at radius 2 is 1.77 bits per heavy atom. The number of hydrazone groups is 1. The third-order valence-electron chi connectivity index (χ3n) is 1.33. The second-order valence-electron chi connectivity index (χ2n) is 2.24. The van der Waals surface area contributed by atoms with E-state index in [2.05, 4.69) is 5.10 Å². The van der Waals surface area contributed by atoms with E-state index < -0.39 is 23.4 Å². The number of nitrogens with one attached hydrogen (secondary N) is 1. The first-order chi connectivity index (χ1) is 5.77. The van der Waals surface area contributed by atoms with Crippen molar-refractivity contribution in [2.24, 2.45) is 5.10 Å². The van der Waals surface area contributed by atoms with Gasteiger partial charge in [0, 0.05) is 0 Å². The molecule has 0 spiro atoms. The minimum Gasteiger partial charge on any atom is -0.277 e. The Balaban J connectivity index is 2.82. The first-order valence-corrected chi connectivity index (χ1v) is 2.94. The van der Waals surface area contributed by atoms with Crippen LogP contribution in [-0.2, 0) is 0 Å². The second-order valence-corrected chi connectivity index (χ2v) is 2.24. The topological polar surface area (TPSA) is 27.6 Å². The van der Waals surface area contributed by atoms with E-state index in [1.807, 2.05) is 0 Å². The molecular weight excluding hydrogens is 204 g/mol. The Bertz CT molecular complexity index is 222. The summed E-state index contributed by atoms with van der Waals surface area (Å²) >= 11 is 0. The van der Waals surface area contributed by atoms with Crippen LogP contribution in [0.2, 0.25) is 0 Å². The van der Waals surface area contributed by atoms with E-state index >= 15 is 0 Å². The minimum atomic E-state index is -5.82. The van der Waals surface area contributed by atoms with Gasteiger partial charge in [-0.2, -0.15) is 32.2 Å². The van der Waals surface area contributed by atoms with E-state index in [-0.39, 0.29) is 6.34 Å². The quantitative estimate of drug-likeness (QED) is 0.517. The molecule has 76 valence electrons. The van der Waals surface area contributed by atoms with Crippen molar-refractivity contribution in [1.29, 1.82) is 0 Å². The molecule has 0 saturated heterocycles. The molecule has 0 bridgehead atoms. The average molecular weight is 207 g/mol. The Hall–Kier alpha value is -1.15. The number of hydrogen-bond acceptors (Lipinski definition) is 3. The van der Waals surface area contributed by atoms with Crippen LogP contribution in [0.1, 0.15) is 0 Å². The van der Waals surface area contributed by atoms with Crippen molar-refractivity contribution in [3.63, 3.8) is 0 Å². The van der Waals surface area contributed by atoms with E-state index in [9.17, 15) is 26.4 Å². The maximum absolute atomic E-state index is 12.3. The highest BCUT2D eigenvalue weighted by Gasteiger charge is 2.65. The lowest BCUT2D eigenvalue weighted by Gasteiger charge is -2.26. The molecule has 0 aliphatic carbocycles. The van der Waals surface area contributed by atoms with E-state index in [1.165, 1.54) is 5.43 Å². The molecule has 0 radical (unpaired) electrons. The average Bonchev–Trinajstić information content (AvgIpc) is 2.32.